The summed E-state index contributed by atoms with van der Waals surface area (Å²) in [7, 11) is 1.68. The van der Waals surface area contributed by atoms with Gasteiger partial charge in [0, 0.05) is 38.6 Å². The van der Waals surface area contributed by atoms with E-state index >= 15 is 0 Å². The topological polar surface area (TPSA) is 38.2 Å². The van der Waals surface area contributed by atoms with E-state index in [0.717, 1.165) is 51.0 Å². The van der Waals surface area contributed by atoms with Gasteiger partial charge >= 0.3 is 0 Å². The van der Waals surface area contributed by atoms with Crippen molar-refractivity contribution in [3.05, 3.63) is 158 Å². The van der Waals surface area contributed by atoms with E-state index in [-0.39, 0.29) is 0 Å². The van der Waals surface area contributed by atoms with Crippen molar-refractivity contribution in [2.45, 2.75) is 0 Å². The molecule has 7 rings (SSSR count). The Bertz CT molecular complexity index is 1950. The second-order valence-corrected chi connectivity index (χ2v) is 11.4. The fraction of sp³-hybridized carbons (Fsp3) is 0.0256. The molecule has 0 aliphatic heterocycles. The summed E-state index contributed by atoms with van der Waals surface area (Å²) < 4.78 is 5.49. The fourth-order valence-electron chi connectivity index (χ4n) is 5.27. The highest BCUT2D eigenvalue weighted by molar-refractivity contribution is 7.18. The van der Waals surface area contributed by atoms with Crippen LogP contribution in [0.2, 0.25) is 0 Å². The molecule has 0 atom stereocenters. The molecule has 0 spiro atoms. The zero-order chi connectivity index (χ0) is 29.7. The lowest BCUT2D eigenvalue weighted by Gasteiger charge is -2.25. The average Bonchev–Trinajstić information content (AvgIpc) is 3.61. The van der Waals surface area contributed by atoms with Gasteiger partial charge in [-0.1, -0.05) is 66.7 Å². The van der Waals surface area contributed by atoms with Crippen molar-refractivity contribution in [2.24, 2.45) is 0 Å². The third-order valence-electron chi connectivity index (χ3n) is 7.45. The van der Waals surface area contributed by atoms with Gasteiger partial charge in [0.05, 0.1) is 24.2 Å². The summed E-state index contributed by atoms with van der Waals surface area (Å²) in [6.07, 6.45) is 1.80. The molecule has 3 aromatic heterocycles. The Labute approximate surface area is 261 Å². The molecule has 3 heterocycles. The van der Waals surface area contributed by atoms with Crippen LogP contribution in [0.4, 0.5) is 17.1 Å². The molecule has 5 heteroatoms. The van der Waals surface area contributed by atoms with Crippen LogP contribution in [0, 0.1) is 0 Å². The molecule has 7 aromatic rings. The first-order chi connectivity index (χ1) is 21.7. The maximum absolute atomic E-state index is 5.49. The molecule has 0 fully saturated rings. The first-order valence-corrected chi connectivity index (χ1v) is 15.3. The highest BCUT2D eigenvalue weighted by atomic mass is 32.1. The SMILES string of the molecule is COc1cccc(-c2cc(-c3ccc(-c4ccc(N(c5ccccc5)c5ccccc5)cc4)s3)cc(-c3ccccn3)n2)c1. The summed E-state index contributed by atoms with van der Waals surface area (Å²) in [5.41, 5.74) is 9.19. The van der Waals surface area contributed by atoms with E-state index in [1.165, 1.54) is 15.3 Å². The molecule has 0 aliphatic carbocycles. The van der Waals surface area contributed by atoms with Crippen molar-refractivity contribution in [2.75, 3.05) is 12.0 Å². The maximum atomic E-state index is 5.49. The Morgan fingerprint density at radius 3 is 1.80 bits per heavy atom. The van der Waals surface area contributed by atoms with Crippen LogP contribution in [0.25, 0.3) is 43.5 Å². The van der Waals surface area contributed by atoms with Crippen molar-refractivity contribution in [1.29, 1.82) is 0 Å². The van der Waals surface area contributed by atoms with Crippen LogP contribution >= 0.6 is 11.3 Å². The Morgan fingerprint density at radius 2 is 1.14 bits per heavy atom. The van der Waals surface area contributed by atoms with Gasteiger partial charge in [0.2, 0.25) is 0 Å². The molecule has 0 N–H and O–H groups in total. The number of nitrogens with zero attached hydrogens (tertiary/aromatic N) is 3. The van der Waals surface area contributed by atoms with Gasteiger partial charge in [0.25, 0.3) is 0 Å². The summed E-state index contributed by atoms with van der Waals surface area (Å²) in [6, 6.07) is 52.4. The number of aromatic nitrogens is 2. The predicted molar refractivity (Wildman–Crippen MR) is 183 cm³/mol. The molecule has 0 aliphatic rings. The number of anilines is 3. The second kappa shape index (κ2) is 12.4. The maximum Gasteiger partial charge on any atom is 0.119 e. The van der Waals surface area contributed by atoms with E-state index in [9.17, 15) is 0 Å². The third kappa shape index (κ3) is 5.74. The largest absolute Gasteiger partial charge is 0.497 e. The van der Waals surface area contributed by atoms with E-state index < -0.39 is 0 Å². The van der Waals surface area contributed by atoms with E-state index in [4.69, 9.17) is 9.72 Å². The van der Waals surface area contributed by atoms with Crippen molar-refractivity contribution in [1.82, 2.24) is 9.97 Å². The molecular weight excluding hydrogens is 559 g/mol. The van der Waals surface area contributed by atoms with Crippen molar-refractivity contribution < 1.29 is 4.74 Å². The average molecular weight is 588 g/mol. The standard InChI is InChI=1S/C39H29N3OS/c1-43-34-16-10-11-29(25-34)36-26-30(27-37(41-36)35-17-8-9-24-40-35)39-23-22-38(44-39)28-18-20-33(21-19-28)42(31-12-4-2-5-13-31)32-14-6-3-7-15-32/h2-27H,1H3. The van der Waals surface area contributed by atoms with Crippen LogP contribution in [-0.4, -0.2) is 17.1 Å². The lowest BCUT2D eigenvalue weighted by Crippen LogP contribution is -2.09. The van der Waals surface area contributed by atoms with Crippen LogP contribution in [0.15, 0.2) is 158 Å². The predicted octanol–water partition coefficient (Wildman–Crippen LogP) is 10.7. The van der Waals surface area contributed by atoms with Crippen LogP contribution in [0.3, 0.4) is 0 Å². The Balaban J connectivity index is 1.24. The molecule has 4 nitrogen and oxygen atoms in total. The smallest absolute Gasteiger partial charge is 0.119 e. The quantitative estimate of drug-likeness (QED) is 0.177. The second-order valence-electron chi connectivity index (χ2n) is 10.3. The van der Waals surface area contributed by atoms with Gasteiger partial charge < -0.3 is 9.64 Å². The Morgan fingerprint density at radius 1 is 0.500 bits per heavy atom. The number of rotatable bonds is 8. The summed E-state index contributed by atoms with van der Waals surface area (Å²) >= 11 is 1.78. The number of para-hydroxylation sites is 2. The van der Waals surface area contributed by atoms with Crippen LogP contribution < -0.4 is 9.64 Å². The number of pyridine rings is 2. The van der Waals surface area contributed by atoms with Gasteiger partial charge in [-0.15, -0.1) is 11.3 Å². The van der Waals surface area contributed by atoms with Gasteiger partial charge in [-0.3, -0.25) is 4.98 Å². The lowest BCUT2D eigenvalue weighted by molar-refractivity contribution is 0.415. The molecule has 0 radical (unpaired) electrons. The minimum atomic E-state index is 0.800. The number of hydrogen-bond donors (Lipinski definition) is 0. The summed E-state index contributed by atoms with van der Waals surface area (Å²) in [5.74, 6) is 0.800. The minimum absolute atomic E-state index is 0.800. The summed E-state index contributed by atoms with van der Waals surface area (Å²) in [6.45, 7) is 0. The fourth-order valence-corrected chi connectivity index (χ4v) is 6.27. The molecule has 0 saturated carbocycles. The van der Waals surface area contributed by atoms with Crippen molar-refractivity contribution in [3.8, 4) is 49.3 Å². The number of thiophene rings is 1. The molecular formula is C39H29N3OS. The van der Waals surface area contributed by atoms with E-state index in [0.29, 0.717) is 0 Å². The summed E-state index contributed by atoms with van der Waals surface area (Å²) in [4.78, 5) is 14.2. The van der Waals surface area contributed by atoms with E-state index in [1.54, 1.807) is 24.6 Å². The molecule has 0 amide bonds. The Hall–Kier alpha value is -5.52. The first-order valence-electron chi connectivity index (χ1n) is 14.4. The number of methoxy groups -OCH3 is 1. The third-order valence-corrected chi connectivity index (χ3v) is 8.63. The van der Waals surface area contributed by atoms with Crippen molar-refractivity contribution >= 4 is 28.4 Å². The number of hydrogen-bond acceptors (Lipinski definition) is 5. The molecule has 0 saturated heterocycles. The zero-order valence-electron chi connectivity index (χ0n) is 24.2. The Kier molecular flexibility index (Phi) is 7.69. The van der Waals surface area contributed by atoms with Gasteiger partial charge in [0.15, 0.2) is 0 Å². The van der Waals surface area contributed by atoms with Crippen LogP contribution in [-0.2, 0) is 0 Å². The van der Waals surface area contributed by atoms with Gasteiger partial charge in [-0.05, 0) is 96.1 Å². The monoisotopic (exact) mass is 587 g/mol. The molecule has 0 bridgehead atoms. The lowest BCUT2D eigenvalue weighted by atomic mass is 10.1. The van der Waals surface area contributed by atoms with Gasteiger partial charge in [-0.2, -0.15) is 0 Å². The van der Waals surface area contributed by atoms with E-state index in [1.807, 2.05) is 48.5 Å². The molecule has 212 valence electrons. The number of ether oxygens (including phenoxy) is 1. The number of benzene rings is 4. The normalized spacial score (nSPS) is 10.8. The van der Waals surface area contributed by atoms with Gasteiger partial charge in [-0.25, -0.2) is 4.98 Å². The molecule has 44 heavy (non-hydrogen) atoms. The van der Waals surface area contributed by atoms with E-state index in [2.05, 4.69) is 113 Å². The molecule has 4 aromatic carbocycles. The first kappa shape index (κ1) is 27.3. The van der Waals surface area contributed by atoms with Crippen molar-refractivity contribution in [3.63, 3.8) is 0 Å². The zero-order valence-corrected chi connectivity index (χ0v) is 25.0. The van der Waals surface area contributed by atoms with Crippen LogP contribution in [0.1, 0.15) is 0 Å². The summed E-state index contributed by atoms with van der Waals surface area (Å²) in [5, 5.41) is 0. The minimum Gasteiger partial charge on any atom is -0.497 e. The van der Waals surface area contributed by atoms with Crippen LogP contribution in [0.5, 0.6) is 5.75 Å². The molecule has 0 unspecified atom stereocenters. The van der Waals surface area contributed by atoms with Gasteiger partial charge in [0.1, 0.15) is 5.75 Å². The highest BCUT2D eigenvalue weighted by Gasteiger charge is 2.14. The highest BCUT2D eigenvalue weighted by Crippen LogP contribution is 2.39.